The fourth-order valence-corrected chi connectivity index (χ4v) is 2.85. The lowest BCUT2D eigenvalue weighted by Gasteiger charge is -2.35. The first-order chi connectivity index (χ1) is 7.83. The second-order valence-electron chi connectivity index (χ2n) is 4.90. The maximum Gasteiger partial charge on any atom is 0.0487 e. The molecular formula is C13H25ClO2. The number of halogens is 1. The summed E-state index contributed by atoms with van der Waals surface area (Å²) >= 11 is 6.12. The highest BCUT2D eigenvalue weighted by Crippen LogP contribution is 2.40. The molecule has 1 fully saturated rings. The number of alkyl halides is 1. The number of ether oxygens (including phenoxy) is 2. The van der Waals surface area contributed by atoms with Gasteiger partial charge in [-0.2, -0.15) is 0 Å². The summed E-state index contributed by atoms with van der Waals surface area (Å²) in [5, 5.41) is 0. The van der Waals surface area contributed by atoms with Gasteiger partial charge in [-0.15, -0.1) is 11.6 Å². The van der Waals surface area contributed by atoms with Crippen molar-refractivity contribution in [1.82, 2.24) is 0 Å². The van der Waals surface area contributed by atoms with E-state index in [0.29, 0.717) is 5.41 Å². The lowest BCUT2D eigenvalue weighted by Crippen LogP contribution is -2.27. The Labute approximate surface area is 105 Å². The van der Waals surface area contributed by atoms with Crippen molar-refractivity contribution >= 4 is 11.6 Å². The van der Waals surface area contributed by atoms with Crippen molar-refractivity contribution in [2.75, 3.05) is 32.8 Å². The van der Waals surface area contributed by atoms with Crippen molar-refractivity contribution in [2.45, 2.75) is 44.9 Å². The lowest BCUT2D eigenvalue weighted by molar-refractivity contribution is 0.0697. The maximum atomic E-state index is 6.12. The van der Waals surface area contributed by atoms with Gasteiger partial charge in [-0.25, -0.2) is 0 Å². The Bertz CT molecular complexity index is 167. The summed E-state index contributed by atoms with van der Waals surface area (Å²) in [6, 6.07) is 0. The average molecular weight is 249 g/mol. The van der Waals surface area contributed by atoms with Crippen LogP contribution in [0.1, 0.15) is 44.9 Å². The van der Waals surface area contributed by atoms with E-state index in [1.54, 1.807) is 7.11 Å². The van der Waals surface area contributed by atoms with Gasteiger partial charge in [0.1, 0.15) is 0 Å². The van der Waals surface area contributed by atoms with E-state index in [2.05, 4.69) is 0 Å². The van der Waals surface area contributed by atoms with Crippen LogP contribution in [0.15, 0.2) is 0 Å². The normalized spacial score (nSPS) is 19.9. The van der Waals surface area contributed by atoms with Crippen LogP contribution in [0.5, 0.6) is 0 Å². The van der Waals surface area contributed by atoms with Crippen LogP contribution in [0.25, 0.3) is 0 Å². The van der Waals surface area contributed by atoms with Crippen LogP contribution in [0, 0.1) is 5.41 Å². The van der Waals surface area contributed by atoms with E-state index in [4.69, 9.17) is 21.1 Å². The molecule has 1 rings (SSSR count). The minimum atomic E-state index is 0.376. The molecule has 96 valence electrons. The summed E-state index contributed by atoms with van der Waals surface area (Å²) in [7, 11) is 1.73. The monoisotopic (exact) mass is 248 g/mol. The van der Waals surface area contributed by atoms with Gasteiger partial charge in [0.05, 0.1) is 0 Å². The molecule has 16 heavy (non-hydrogen) atoms. The molecule has 3 heteroatoms. The first-order valence-electron chi connectivity index (χ1n) is 6.46. The van der Waals surface area contributed by atoms with Gasteiger partial charge in [0.25, 0.3) is 0 Å². The van der Waals surface area contributed by atoms with Crippen molar-refractivity contribution in [2.24, 2.45) is 5.41 Å². The predicted octanol–water partition coefficient (Wildman–Crippen LogP) is 3.62. The molecular weight excluding hydrogens is 224 g/mol. The molecule has 0 heterocycles. The summed E-state index contributed by atoms with van der Waals surface area (Å²) in [4.78, 5) is 0. The van der Waals surface area contributed by atoms with E-state index in [0.717, 1.165) is 38.5 Å². The Balaban J connectivity index is 2.08. The average Bonchev–Trinajstić information content (AvgIpc) is 2.35. The largest absolute Gasteiger partial charge is 0.385 e. The maximum absolute atomic E-state index is 6.12. The van der Waals surface area contributed by atoms with Crippen molar-refractivity contribution in [3.8, 4) is 0 Å². The van der Waals surface area contributed by atoms with Crippen molar-refractivity contribution < 1.29 is 9.47 Å². The summed E-state index contributed by atoms with van der Waals surface area (Å²) in [6.07, 6.45) is 8.77. The molecule has 0 N–H and O–H groups in total. The zero-order valence-corrected chi connectivity index (χ0v) is 11.2. The molecule has 0 bridgehead atoms. The Kier molecular flexibility index (Phi) is 7.42. The molecule has 1 aliphatic rings. The summed E-state index contributed by atoms with van der Waals surface area (Å²) in [5.74, 6) is 0.800. The zero-order valence-electron chi connectivity index (χ0n) is 10.5. The molecule has 0 aromatic rings. The van der Waals surface area contributed by atoms with Crippen molar-refractivity contribution in [3.63, 3.8) is 0 Å². The Hall–Kier alpha value is 0.210. The van der Waals surface area contributed by atoms with E-state index >= 15 is 0 Å². The highest BCUT2D eigenvalue weighted by Gasteiger charge is 2.30. The van der Waals surface area contributed by atoms with Gasteiger partial charge in [-0.3, -0.25) is 0 Å². The topological polar surface area (TPSA) is 18.5 Å². The van der Waals surface area contributed by atoms with E-state index in [1.165, 1.54) is 32.1 Å². The molecule has 0 atom stereocenters. The van der Waals surface area contributed by atoms with E-state index in [9.17, 15) is 0 Å². The third-order valence-electron chi connectivity index (χ3n) is 3.61. The van der Waals surface area contributed by atoms with E-state index < -0.39 is 0 Å². The number of methoxy groups -OCH3 is 1. The van der Waals surface area contributed by atoms with Crippen LogP contribution in [-0.4, -0.2) is 32.8 Å². The fourth-order valence-electron chi connectivity index (χ4n) is 2.45. The van der Waals surface area contributed by atoms with Gasteiger partial charge in [0.15, 0.2) is 0 Å². The van der Waals surface area contributed by atoms with Crippen LogP contribution < -0.4 is 0 Å². The van der Waals surface area contributed by atoms with Crippen LogP contribution in [-0.2, 0) is 9.47 Å². The molecule has 0 aromatic heterocycles. The highest BCUT2D eigenvalue weighted by atomic mass is 35.5. The molecule has 1 aliphatic carbocycles. The zero-order chi connectivity index (χ0) is 11.7. The SMILES string of the molecule is COCCCOCCC1(CCl)CCCCC1. The second kappa shape index (κ2) is 8.32. The van der Waals surface area contributed by atoms with Gasteiger partial charge in [0.2, 0.25) is 0 Å². The minimum absolute atomic E-state index is 0.376. The molecule has 0 radical (unpaired) electrons. The van der Waals surface area contributed by atoms with E-state index in [-0.39, 0.29) is 0 Å². The Morgan fingerprint density at radius 3 is 2.44 bits per heavy atom. The van der Waals surface area contributed by atoms with Crippen LogP contribution in [0.4, 0.5) is 0 Å². The number of hydrogen-bond donors (Lipinski definition) is 0. The molecule has 0 aliphatic heterocycles. The summed E-state index contributed by atoms with van der Waals surface area (Å²) in [5.41, 5.74) is 0.376. The molecule has 0 spiro atoms. The molecule has 0 saturated heterocycles. The van der Waals surface area contributed by atoms with Gasteiger partial charge < -0.3 is 9.47 Å². The third-order valence-corrected chi connectivity index (χ3v) is 4.18. The van der Waals surface area contributed by atoms with Gasteiger partial charge in [-0.1, -0.05) is 19.3 Å². The molecule has 0 aromatic carbocycles. The van der Waals surface area contributed by atoms with E-state index in [1.807, 2.05) is 0 Å². The fraction of sp³-hybridized carbons (Fsp3) is 1.00. The van der Waals surface area contributed by atoms with Crippen molar-refractivity contribution in [3.05, 3.63) is 0 Å². The van der Waals surface area contributed by atoms with Gasteiger partial charge in [-0.05, 0) is 31.1 Å². The van der Waals surface area contributed by atoms with Crippen LogP contribution in [0.3, 0.4) is 0 Å². The highest BCUT2D eigenvalue weighted by molar-refractivity contribution is 6.18. The summed E-state index contributed by atoms with van der Waals surface area (Å²) < 4.78 is 10.6. The quantitative estimate of drug-likeness (QED) is 0.483. The smallest absolute Gasteiger partial charge is 0.0487 e. The molecule has 0 unspecified atom stereocenters. The molecule has 0 amide bonds. The first-order valence-corrected chi connectivity index (χ1v) is 6.99. The summed E-state index contributed by atoms with van der Waals surface area (Å²) in [6.45, 7) is 2.46. The van der Waals surface area contributed by atoms with Crippen LogP contribution >= 0.6 is 11.6 Å². The number of hydrogen-bond acceptors (Lipinski definition) is 2. The Morgan fingerprint density at radius 1 is 1.06 bits per heavy atom. The third kappa shape index (κ3) is 5.03. The predicted molar refractivity (Wildman–Crippen MR) is 68.2 cm³/mol. The Morgan fingerprint density at radius 2 is 1.81 bits per heavy atom. The van der Waals surface area contributed by atoms with Crippen LogP contribution in [0.2, 0.25) is 0 Å². The first kappa shape index (κ1) is 14.3. The lowest BCUT2D eigenvalue weighted by atomic mass is 9.73. The number of rotatable bonds is 8. The molecule has 2 nitrogen and oxygen atoms in total. The minimum Gasteiger partial charge on any atom is -0.385 e. The second-order valence-corrected chi connectivity index (χ2v) is 5.17. The van der Waals surface area contributed by atoms with Crippen molar-refractivity contribution in [1.29, 1.82) is 0 Å². The molecule has 1 saturated carbocycles. The van der Waals surface area contributed by atoms with Gasteiger partial charge >= 0.3 is 0 Å². The standard InChI is InChI=1S/C13H25ClO2/c1-15-9-5-10-16-11-8-13(12-14)6-3-2-4-7-13/h2-12H2,1H3. The van der Waals surface area contributed by atoms with Gasteiger partial charge in [0, 0.05) is 32.8 Å².